The van der Waals surface area contributed by atoms with E-state index in [0.29, 0.717) is 18.0 Å². The lowest BCUT2D eigenvalue weighted by Crippen LogP contribution is -2.44. The first kappa shape index (κ1) is 21.2. The van der Waals surface area contributed by atoms with Gasteiger partial charge in [-0.3, -0.25) is 4.90 Å². The van der Waals surface area contributed by atoms with Crippen molar-refractivity contribution in [3.63, 3.8) is 0 Å². The molecular weight excluding hydrogens is 428 g/mol. The van der Waals surface area contributed by atoms with Gasteiger partial charge in [0.1, 0.15) is 11.6 Å². The van der Waals surface area contributed by atoms with Crippen molar-refractivity contribution in [1.29, 1.82) is 0 Å². The molecule has 0 radical (unpaired) electrons. The van der Waals surface area contributed by atoms with Crippen LogP contribution >= 0.6 is 0 Å². The van der Waals surface area contributed by atoms with E-state index in [2.05, 4.69) is 57.2 Å². The van der Waals surface area contributed by atoms with Crippen molar-refractivity contribution in [1.82, 2.24) is 24.8 Å². The highest BCUT2D eigenvalue weighted by Crippen LogP contribution is 2.33. The van der Waals surface area contributed by atoms with Crippen LogP contribution in [0.2, 0.25) is 0 Å². The third kappa shape index (κ3) is 4.05. The van der Waals surface area contributed by atoms with Crippen LogP contribution in [0.4, 0.5) is 23.3 Å². The molecule has 3 saturated heterocycles. The van der Waals surface area contributed by atoms with Crippen molar-refractivity contribution >= 4 is 23.3 Å². The Bertz CT molecular complexity index is 1160. The molecule has 0 saturated carbocycles. The normalized spacial score (nSPS) is 22.4. The third-order valence-electron chi connectivity index (χ3n) is 7.13. The number of piperazine rings is 1. The summed E-state index contributed by atoms with van der Waals surface area (Å²) < 4.78 is 5.46. The summed E-state index contributed by atoms with van der Waals surface area (Å²) in [5.74, 6) is 2.61. The Balaban J connectivity index is 1.15. The van der Waals surface area contributed by atoms with Gasteiger partial charge in [0, 0.05) is 56.2 Å². The van der Waals surface area contributed by atoms with Crippen molar-refractivity contribution in [3.05, 3.63) is 48.4 Å². The van der Waals surface area contributed by atoms with E-state index < -0.39 is 0 Å². The quantitative estimate of drug-likeness (QED) is 0.620. The standard InChI is InChI=1S/C25H30N8O/c1-17-11-18(13-28-24(17)32-7-9-34-10-8-32)22-5-6-26-25(30-22)29-19-3-4-23(27-14-19)33-16-20-12-21(33)15-31(20)2/h3-6,11,13-14,20-21H,7-10,12,15-16H2,1-2H3,(H,26,29,30)/t20-,21-/m0/s1. The van der Waals surface area contributed by atoms with Crippen LogP contribution in [-0.2, 0) is 4.74 Å². The summed E-state index contributed by atoms with van der Waals surface area (Å²) in [7, 11) is 2.21. The van der Waals surface area contributed by atoms with E-state index >= 15 is 0 Å². The van der Waals surface area contributed by atoms with Gasteiger partial charge in [-0.25, -0.2) is 19.9 Å². The Morgan fingerprint density at radius 3 is 2.59 bits per heavy atom. The van der Waals surface area contributed by atoms with Crippen molar-refractivity contribution in [3.8, 4) is 11.3 Å². The highest BCUT2D eigenvalue weighted by molar-refractivity contribution is 5.65. The van der Waals surface area contributed by atoms with Gasteiger partial charge in [0.25, 0.3) is 0 Å². The van der Waals surface area contributed by atoms with E-state index in [0.717, 1.165) is 73.5 Å². The molecular formula is C25H30N8O. The van der Waals surface area contributed by atoms with Gasteiger partial charge in [-0.05, 0) is 50.2 Å². The first-order valence-electron chi connectivity index (χ1n) is 12.0. The molecule has 9 heteroatoms. The van der Waals surface area contributed by atoms with Gasteiger partial charge in [-0.1, -0.05) is 0 Å². The second-order valence-electron chi connectivity index (χ2n) is 9.39. The number of likely N-dealkylation sites (tertiary alicyclic amines) is 1. The Kier molecular flexibility index (Phi) is 5.50. The molecule has 2 atom stereocenters. The van der Waals surface area contributed by atoms with E-state index in [9.17, 15) is 0 Å². The van der Waals surface area contributed by atoms with Gasteiger partial charge in [-0.15, -0.1) is 0 Å². The SMILES string of the molecule is Cc1cc(-c2ccnc(Nc3ccc(N4C[C@@H]5C[C@H]4CN5C)nc3)n2)cnc1N1CCOCC1. The molecule has 0 amide bonds. The van der Waals surface area contributed by atoms with E-state index in [1.165, 1.54) is 6.42 Å². The predicted octanol–water partition coefficient (Wildman–Crippen LogP) is 2.71. The van der Waals surface area contributed by atoms with Crippen LogP contribution in [-0.4, -0.2) is 83.4 Å². The molecule has 3 aliphatic rings. The number of pyridine rings is 2. The Hall–Kier alpha value is -3.30. The number of aryl methyl sites for hydroxylation is 1. The van der Waals surface area contributed by atoms with Gasteiger partial charge in [-0.2, -0.15) is 0 Å². The summed E-state index contributed by atoms with van der Waals surface area (Å²) in [6.45, 7) is 7.51. The average molecular weight is 459 g/mol. The van der Waals surface area contributed by atoms with E-state index in [-0.39, 0.29) is 0 Å². The molecule has 0 spiro atoms. The second-order valence-corrected chi connectivity index (χ2v) is 9.39. The number of hydrogen-bond donors (Lipinski definition) is 1. The minimum absolute atomic E-state index is 0.545. The maximum Gasteiger partial charge on any atom is 0.227 e. The summed E-state index contributed by atoms with van der Waals surface area (Å²) in [6, 6.07) is 9.43. The fraction of sp³-hybridized carbons (Fsp3) is 0.440. The lowest BCUT2D eigenvalue weighted by molar-refractivity contribution is 0.122. The molecule has 3 aliphatic heterocycles. The van der Waals surface area contributed by atoms with E-state index in [4.69, 9.17) is 19.7 Å². The fourth-order valence-corrected chi connectivity index (χ4v) is 5.30. The molecule has 1 N–H and O–H groups in total. The number of hydrogen-bond acceptors (Lipinski definition) is 9. The maximum absolute atomic E-state index is 5.46. The van der Waals surface area contributed by atoms with Gasteiger partial charge in [0.2, 0.25) is 5.95 Å². The summed E-state index contributed by atoms with van der Waals surface area (Å²) in [5.41, 5.74) is 3.82. The molecule has 34 heavy (non-hydrogen) atoms. The number of nitrogens with zero attached hydrogens (tertiary/aromatic N) is 7. The van der Waals surface area contributed by atoms with Crippen molar-refractivity contribution in [2.75, 3.05) is 61.6 Å². The minimum atomic E-state index is 0.545. The van der Waals surface area contributed by atoms with Crippen LogP contribution in [0.15, 0.2) is 42.9 Å². The number of aromatic nitrogens is 4. The molecule has 0 aliphatic carbocycles. The summed E-state index contributed by atoms with van der Waals surface area (Å²) in [6.07, 6.45) is 6.76. The van der Waals surface area contributed by atoms with Crippen LogP contribution in [0.1, 0.15) is 12.0 Å². The molecule has 6 heterocycles. The molecule has 2 bridgehead atoms. The Morgan fingerprint density at radius 2 is 1.88 bits per heavy atom. The highest BCUT2D eigenvalue weighted by Gasteiger charge is 2.41. The zero-order chi connectivity index (χ0) is 23.1. The molecule has 6 rings (SSSR count). The molecule has 3 fully saturated rings. The monoisotopic (exact) mass is 458 g/mol. The lowest BCUT2D eigenvalue weighted by atomic mass is 10.1. The van der Waals surface area contributed by atoms with Gasteiger partial charge < -0.3 is 19.9 Å². The van der Waals surface area contributed by atoms with Gasteiger partial charge in [0.05, 0.1) is 30.8 Å². The average Bonchev–Trinajstić information content (AvgIpc) is 3.45. The van der Waals surface area contributed by atoms with Crippen molar-refractivity contribution < 1.29 is 4.74 Å². The number of nitrogens with one attached hydrogen (secondary N) is 1. The summed E-state index contributed by atoms with van der Waals surface area (Å²) in [4.78, 5) is 25.7. The van der Waals surface area contributed by atoms with Crippen LogP contribution < -0.4 is 15.1 Å². The van der Waals surface area contributed by atoms with Gasteiger partial charge in [0.15, 0.2) is 0 Å². The largest absolute Gasteiger partial charge is 0.378 e. The van der Waals surface area contributed by atoms with Crippen molar-refractivity contribution in [2.24, 2.45) is 0 Å². The van der Waals surface area contributed by atoms with E-state index in [1.54, 1.807) is 6.20 Å². The molecule has 3 aromatic rings. The Morgan fingerprint density at radius 1 is 1.00 bits per heavy atom. The molecule has 0 aromatic carbocycles. The number of anilines is 4. The zero-order valence-corrected chi connectivity index (χ0v) is 19.7. The third-order valence-corrected chi connectivity index (χ3v) is 7.13. The molecule has 9 nitrogen and oxygen atoms in total. The number of likely N-dealkylation sites (N-methyl/N-ethyl adjacent to an activating group) is 1. The number of morpholine rings is 1. The molecule has 176 valence electrons. The van der Waals surface area contributed by atoms with Crippen LogP contribution in [0.5, 0.6) is 0 Å². The maximum atomic E-state index is 5.46. The topological polar surface area (TPSA) is 82.5 Å². The van der Waals surface area contributed by atoms with E-state index in [1.807, 2.05) is 18.5 Å². The first-order chi connectivity index (χ1) is 16.6. The van der Waals surface area contributed by atoms with Crippen LogP contribution in [0, 0.1) is 6.92 Å². The fourth-order valence-electron chi connectivity index (χ4n) is 5.30. The summed E-state index contributed by atoms with van der Waals surface area (Å²) >= 11 is 0. The van der Waals surface area contributed by atoms with Crippen LogP contribution in [0.25, 0.3) is 11.3 Å². The Labute approximate surface area is 199 Å². The van der Waals surface area contributed by atoms with Gasteiger partial charge >= 0.3 is 0 Å². The van der Waals surface area contributed by atoms with Crippen LogP contribution in [0.3, 0.4) is 0 Å². The molecule has 0 unspecified atom stereocenters. The smallest absolute Gasteiger partial charge is 0.227 e. The predicted molar refractivity (Wildman–Crippen MR) is 133 cm³/mol. The lowest BCUT2D eigenvalue weighted by Gasteiger charge is -2.32. The second kappa shape index (κ2) is 8.81. The minimum Gasteiger partial charge on any atom is -0.378 e. The van der Waals surface area contributed by atoms with Crippen molar-refractivity contribution in [2.45, 2.75) is 25.4 Å². The zero-order valence-electron chi connectivity index (χ0n) is 19.7. The number of rotatable bonds is 5. The summed E-state index contributed by atoms with van der Waals surface area (Å²) in [5, 5.41) is 3.30. The molecule has 3 aromatic heterocycles. The number of fused-ring (bicyclic) bond motifs is 2. The first-order valence-corrected chi connectivity index (χ1v) is 12.0. The highest BCUT2D eigenvalue weighted by atomic mass is 16.5. The number of ether oxygens (including phenoxy) is 1.